The van der Waals surface area contributed by atoms with Crippen LogP contribution in [0.4, 0.5) is 0 Å². The van der Waals surface area contributed by atoms with E-state index in [1.807, 2.05) is 0 Å². The number of nitrogens with zero attached hydrogens (tertiary/aromatic N) is 1. The van der Waals surface area contributed by atoms with Crippen molar-refractivity contribution in [1.29, 1.82) is 0 Å². The Morgan fingerprint density at radius 1 is 1.45 bits per heavy atom. The van der Waals surface area contributed by atoms with Gasteiger partial charge >= 0.3 is 0 Å². The predicted octanol–water partition coefficient (Wildman–Crippen LogP) is 2.97. The van der Waals surface area contributed by atoms with Gasteiger partial charge in [0.15, 0.2) is 0 Å². The van der Waals surface area contributed by atoms with Crippen molar-refractivity contribution in [2.45, 2.75) is 32.7 Å². The highest BCUT2D eigenvalue weighted by Gasteiger charge is 2.31. The third-order valence-electron chi connectivity index (χ3n) is 1.68. The van der Waals surface area contributed by atoms with E-state index in [1.165, 1.54) is 0 Å². The summed E-state index contributed by atoms with van der Waals surface area (Å²) < 4.78 is 7.60. The van der Waals surface area contributed by atoms with Crippen LogP contribution in [0.15, 0.2) is 0 Å². The summed E-state index contributed by atoms with van der Waals surface area (Å²) in [5.74, 6) is 0. The lowest BCUT2D eigenvalue weighted by atomic mass is 10.1. The van der Waals surface area contributed by atoms with Gasteiger partial charge in [0.1, 0.15) is 0 Å². The Bertz CT molecular complexity index is 137. The summed E-state index contributed by atoms with van der Waals surface area (Å²) in [7, 11) is -0.838. The summed E-state index contributed by atoms with van der Waals surface area (Å²) in [6.45, 7) is 8.39. The van der Waals surface area contributed by atoms with Gasteiger partial charge in [-0.3, -0.25) is 0 Å². The molecule has 1 aliphatic rings. The fourth-order valence-electron chi connectivity index (χ4n) is 1.07. The lowest BCUT2D eigenvalue weighted by Gasteiger charge is -2.40. The third-order valence-corrected chi connectivity index (χ3v) is 4.09. The average molecular weight is 196 g/mol. The van der Waals surface area contributed by atoms with Crippen molar-refractivity contribution in [3.05, 3.63) is 0 Å². The standard InChI is InChI=1S/C7H15ClNOP/c1-7(2,3)9-5-4-6-10-11(9)8/h4-6H2,1-3H3. The van der Waals surface area contributed by atoms with E-state index in [-0.39, 0.29) is 5.54 Å². The SMILES string of the molecule is CC(C)(C)N1CCCOP1Cl. The Balaban J connectivity index is 2.55. The Morgan fingerprint density at radius 3 is 2.45 bits per heavy atom. The van der Waals surface area contributed by atoms with Crippen molar-refractivity contribution in [3.63, 3.8) is 0 Å². The molecule has 1 rings (SSSR count). The topological polar surface area (TPSA) is 12.5 Å². The maximum absolute atomic E-state index is 6.04. The van der Waals surface area contributed by atoms with Gasteiger partial charge in [0.2, 0.25) is 7.65 Å². The van der Waals surface area contributed by atoms with Crippen LogP contribution in [0.1, 0.15) is 27.2 Å². The molecule has 0 bridgehead atoms. The first-order valence-electron chi connectivity index (χ1n) is 3.88. The van der Waals surface area contributed by atoms with Crippen LogP contribution in [0.25, 0.3) is 0 Å². The van der Waals surface area contributed by atoms with Crippen molar-refractivity contribution >= 4 is 18.9 Å². The van der Waals surface area contributed by atoms with E-state index in [2.05, 4.69) is 25.4 Å². The first-order chi connectivity index (χ1) is 5.02. The van der Waals surface area contributed by atoms with Gasteiger partial charge < -0.3 is 4.52 Å². The monoisotopic (exact) mass is 195 g/mol. The molecular formula is C7H15ClNOP. The molecule has 0 aliphatic carbocycles. The van der Waals surface area contributed by atoms with Gasteiger partial charge in [-0.05, 0) is 38.4 Å². The molecule has 2 nitrogen and oxygen atoms in total. The van der Waals surface area contributed by atoms with Gasteiger partial charge in [0, 0.05) is 12.1 Å². The molecule has 0 aromatic carbocycles. The van der Waals surface area contributed by atoms with Crippen LogP contribution in [-0.2, 0) is 4.52 Å². The molecule has 0 spiro atoms. The lowest BCUT2D eigenvalue weighted by Crippen LogP contribution is -2.39. The van der Waals surface area contributed by atoms with E-state index in [0.717, 1.165) is 19.6 Å². The molecule has 1 heterocycles. The molecule has 66 valence electrons. The molecule has 1 unspecified atom stereocenters. The second kappa shape index (κ2) is 3.57. The molecule has 1 saturated heterocycles. The minimum absolute atomic E-state index is 0.147. The minimum Gasteiger partial charge on any atom is -0.331 e. The molecular weight excluding hydrogens is 181 g/mol. The zero-order valence-corrected chi connectivity index (χ0v) is 8.95. The highest BCUT2D eigenvalue weighted by Crippen LogP contribution is 2.52. The number of hydrogen-bond acceptors (Lipinski definition) is 2. The van der Waals surface area contributed by atoms with E-state index < -0.39 is 7.65 Å². The first kappa shape index (κ1) is 9.73. The van der Waals surface area contributed by atoms with Gasteiger partial charge in [-0.1, -0.05) is 0 Å². The second-order valence-corrected chi connectivity index (χ2v) is 5.77. The molecule has 4 heteroatoms. The smallest absolute Gasteiger partial charge is 0.207 e. The fourth-order valence-corrected chi connectivity index (χ4v) is 3.38. The van der Waals surface area contributed by atoms with Crippen LogP contribution in [0, 0.1) is 0 Å². The van der Waals surface area contributed by atoms with Crippen LogP contribution in [0.2, 0.25) is 0 Å². The average Bonchev–Trinajstić information content (AvgIpc) is 1.86. The van der Waals surface area contributed by atoms with Gasteiger partial charge in [-0.2, -0.15) is 0 Å². The van der Waals surface area contributed by atoms with Crippen molar-refractivity contribution in [1.82, 2.24) is 4.67 Å². The number of hydrogen-bond donors (Lipinski definition) is 0. The summed E-state index contributed by atoms with van der Waals surface area (Å²) >= 11 is 6.04. The van der Waals surface area contributed by atoms with Gasteiger partial charge in [0.25, 0.3) is 0 Å². The van der Waals surface area contributed by atoms with Crippen LogP contribution in [-0.4, -0.2) is 23.4 Å². The Kier molecular flexibility index (Phi) is 3.16. The normalized spacial score (nSPS) is 28.9. The number of rotatable bonds is 0. The second-order valence-electron chi connectivity index (χ2n) is 3.71. The van der Waals surface area contributed by atoms with Crippen LogP contribution in [0.5, 0.6) is 0 Å². The Labute approximate surface area is 74.5 Å². The highest BCUT2D eigenvalue weighted by molar-refractivity contribution is 7.78. The van der Waals surface area contributed by atoms with E-state index in [4.69, 9.17) is 15.8 Å². The Morgan fingerprint density at radius 2 is 2.09 bits per heavy atom. The minimum atomic E-state index is -0.838. The molecule has 1 fully saturated rings. The fraction of sp³-hybridized carbons (Fsp3) is 1.00. The maximum Gasteiger partial charge on any atom is 0.207 e. The van der Waals surface area contributed by atoms with Crippen LogP contribution < -0.4 is 0 Å². The molecule has 0 aromatic heterocycles. The summed E-state index contributed by atoms with van der Waals surface area (Å²) in [4.78, 5) is 0. The van der Waals surface area contributed by atoms with Crippen LogP contribution in [0.3, 0.4) is 0 Å². The van der Waals surface area contributed by atoms with Gasteiger partial charge in [-0.15, -0.1) is 0 Å². The highest BCUT2D eigenvalue weighted by atomic mass is 35.7. The predicted molar refractivity (Wildman–Crippen MR) is 49.8 cm³/mol. The van der Waals surface area contributed by atoms with E-state index in [0.29, 0.717) is 0 Å². The molecule has 0 saturated carbocycles. The summed E-state index contributed by atoms with van der Waals surface area (Å²) in [5, 5.41) is 0. The zero-order valence-electron chi connectivity index (χ0n) is 7.30. The molecule has 0 aromatic rings. The molecule has 1 atom stereocenters. The molecule has 0 N–H and O–H groups in total. The summed E-state index contributed by atoms with van der Waals surface area (Å²) in [6, 6.07) is 0. The lowest BCUT2D eigenvalue weighted by molar-refractivity contribution is 0.179. The van der Waals surface area contributed by atoms with E-state index >= 15 is 0 Å². The molecule has 0 amide bonds. The molecule has 1 aliphatic heterocycles. The maximum atomic E-state index is 6.04. The zero-order chi connectivity index (χ0) is 8.48. The van der Waals surface area contributed by atoms with Crippen molar-refractivity contribution in [3.8, 4) is 0 Å². The van der Waals surface area contributed by atoms with Crippen molar-refractivity contribution in [2.24, 2.45) is 0 Å². The largest absolute Gasteiger partial charge is 0.331 e. The third kappa shape index (κ3) is 2.55. The van der Waals surface area contributed by atoms with Crippen molar-refractivity contribution < 1.29 is 4.52 Å². The first-order valence-corrected chi connectivity index (χ1v) is 6.00. The number of halogens is 1. The quantitative estimate of drug-likeness (QED) is 0.551. The summed E-state index contributed by atoms with van der Waals surface area (Å²) in [5.41, 5.74) is 0.147. The van der Waals surface area contributed by atoms with Gasteiger partial charge in [-0.25, -0.2) is 4.67 Å². The summed E-state index contributed by atoms with van der Waals surface area (Å²) in [6.07, 6.45) is 1.10. The van der Waals surface area contributed by atoms with Crippen molar-refractivity contribution in [2.75, 3.05) is 13.2 Å². The van der Waals surface area contributed by atoms with E-state index in [1.54, 1.807) is 0 Å². The molecule has 0 radical (unpaired) electrons. The van der Waals surface area contributed by atoms with Crippen LogP contribution >= 0.6 is 18.9 Å². The van der Waals surface area contributed by atoms with Gasteiger partial charge in [0.05, 0.1) is 6.61 Å². The molecule has 11 heavy (non-hydrogen) atoms. The van der Waals surface area contributed by atoms with E-state index in [9.17, 15) is 0 Å². The Hall–Kier alpha value is 0.640.